The van der Waals surface area contributed by atoms with Gasteiger partial charge in [0, 0.05) is 18.2 Å². The van der Waals surface area contributed by atoms with Crippen LogP contribution in [0.3, 0.4) is 0 Å². The number of rotatable bonds is 7. The Hall–Kier alpha value is -3.53. The van der Waals surface area contributed by atoms with Gasteiger partial charge in [0.15, 0.2) is 11.1 Å². The predicted molar refractivity (Wildman–Crippen MR) is 101 cm³/mol. The first-order valence-electron chi connectivity index (χ1n) is 7.50. The van der Waals surface area contributed by atoms with Gasteiger partial charge in [0.25, 0.3) is 11.2 Å². The monoisotopic (exact) mass is 389 g/mol. The van der Waals surface area contributed by atoms with Crippen molar-refractivity contribution in [2.75, 3.05) is 7.11 Å². The van der Waals surface area contributed by atoms with E-state index in [-0.39, 0.29) is 39.5 Å². The second-order valence-electron chi connectivity index (χ2n) is 5.25. The molecule has 0 atom stereocenters. The number of carbonyl (C=O) groups excluding carboxylic acids is 1. The number of nitrogens with zero attached hydrogens (tertiary/aromatic N) is 2. The Balaban J connectivity index is 2.78. The van der Waals surface area contributed by atoms with Crippen molar-refractivity contribution in [1.29, 1.82) is 0 Å². The number of carbonyl (C=O) groups is 1. The number of nitro groups is 1. The number of aromatic amines is 1. The third-order valence-electron chi connectivity index (χ3n) is 3.66. The van der Waals surface area contributed by atoms with Gasteiger partial charge in [0.05, 0.1) is 17.6 Å². The van der Waals surface area contributed by atoms with Gasteiger partial charge in [0.1, 0.15) is 11.3 Å². The summed E-state index contributed by atoms with van der Waals surface area (Å²) in [7, 11) is 1.37. The fourth-order valence-electron chi connectivity index (χ4n) is 2.37. The molecule has 2 aromatic rings. The van der Waals surface area contributed by atoms with E-state index in [0.717, 1.165) is 6.08 Å². The van der Waals surface area contributed by atoms with Crippen molar-refractivity contribution in [2.45, 2.75) is 6.54 Å². The number of benzene rings is 1. The molecule has 0 aliphatic heterocycles. The van der Waals surface area contributed by atoms with E-state index in [1.54, 1.807) is 0 Å². The van der Waals surface area contributed by atoms with Gasteiger partial charge in [-0.2, -0.15) is 0 Å². The normalized spacial score (nSPS) is 11.1. The molecule has 140 valence electrons. The van der Waals surface area contributed by atoms with Gasteiger partial charge in [0.2, 0.25) is 5.88 Å². The number of nitrogens with one attached hydrogen (secondary N) is 1. The number of methoxy groups -OCH3 is 1. The van der Waals surface area contributed by atoms with Crippen molar-refractivity contribution in [3.8, 4) is 11.6 Å². The molecule has 0 aliphatic carbocycles. The summed E-state index contributed by atoms with van der Waals surface area (Å²) >= 11 is 4.98. The van der Waals surface area contributed by atoms with Crippen LogP contribution in [0.15, 0.2) is 35.6 Å². The topological polar surface area (TPSA) is 127 Å². The van der Waals surface area contributed by atoms with Crippen LogP contribution in [0.2, 0.25) is 0 Å². The quantitative estimate of drug-likeness (QED) is 0.186. The van der Waals surface area contributed by atoms with Gasteiger partial charge < -0.3 is 9.84 Å². The van der Waals surface area contributed by atoms with E-state index in [0.29, 0.717) is 6.29 Å². The van der Waals surface area contributed by atoms with E-state index in [2.05, 4.69) is 11.6 Å². The summed E-state index contributed by atoms with van der Waals surface area (Å²) < 4.78 is 6.20. The lowest BCUT2D eigenvalue weighted by Crippen LogP contribution is -2.16. The van der Waals surface area contributed by atoms with Crippen LogP contribution in [0.5, 0.6) is 11.6 Å². The Bertz CT molecular complexity index is 1070. The van der Waals surface area contributed by atoms with Gasteiger partial charge in [-0.1, -0.05) is 6.08 Å². The number of hydrogen-bond donors (Lipinski definition) is 2. The summed E-state index contributed by atoms with van der Waals surface area (Å²) in [5.41, 5.74) is -1.63. The lowest BCUT2D eigenvalue weighted by Gasteiger charge is -2.10. The van der Waals surface area contributed by atoms with E-state index in [4.69, 9.17) is 17.0 Å². The van der Waals surface area contributed by atoms with Crippen LogP contribution >= 0.6 is 12.2 Å². The molecule has 0 bridgehead atoms. The third-order valence-corrected chi connectivity index (χ3v) is 3.98. The second-order valence-corrected chi connectivity index (χ2v) is 5.64. The Morgan fingerprint density at radius 1 is 1.52 bits per heavy atom. The Kier molecular flexibility index (Phi) is 6.03. The minimum atomic E-state index is -0.747. The number of ether oxygens (including phenoxy) is 1. The van der Waals surface area contributed by atoms with Crippen LogP contribution in [0.25, 0.3) is 11.6 Å². The summed E-state index contributed by atoms with van der Waals surface area (Å²) in [5.74, 6) is -0.211. The maximum atomic E-state index is 12.2. The molecular weight excluding hydrogens is 374 g/mol. The summed E-state index contributed by atoms with van der Waals surface area (Å²) in [6.07, 6.45) is 2.85. The molecule has 2 N–H and O–H groups in total. The van der Waals surface area contributed by atoms with Crippen LogP contribution in [0.1, 0.15) is 11.1 Å². The third kappa shape index (κ3) is 4.01. The fourth-order valence-corrected chi connectivity index (χ4v) is 2.62. The zero-order valence-corrected chi connectivity index (χ0v) is 15.0. The minimum absolute atomic E-state index is 0.0328. The summed E-state index contributed by atoms with van der Waals surface area (Å²) in [6, 6.07) is 3.85. The molecule has 0 spiro atoms. The second kappa shape index (κ2) is 8.23. The van der Waals surface area contributed by atoms with E-state index in [1.807, 2.05) is 0 Å². The van der Waals surface area contributed by atoms with Gasteiger partial charge >= 0.3 is 0 Å². The number of aldehydes is 1. The van der Waals surface area contributed by atoms with Crippen molar-refractivity contribution in [2.24, 2.45) is 0 Å². The Labute approximate surface area is 158 Å². The standard InChI is InChI=1S/C17H15N3O6S/c1-3-6-19-16(23)13(15(22)18-17(19)27)7-10(9-21)12-8-11(26-2)4-5-14(12)20(24)25/h3-5,7-9,23H,1,6H2,2H3,(H,18,22,27). The number of aromatic nitrogens is 2. The highest BCUT2D eigenvalue weighted by Gasteiger charge is 2.20. The van der Waals surface area contributed by atoms with Crippen molar-refractivity contribution in [3.05, 3.63) is 67.2 Å². The molecule has 0 unspecified atom stereocenters. The van der Waals surface area contributed by atoms with Crippen molar-refractivity contribution in [1.82, 2.24) is 9.55 Å². The maximum Gasteiger partial charge on any atom is 0.277 e. The number of hydrogen-bond acceptors (Lipinski definition) is 7. The average molecular weight is 389 g/mol. The number of nitro benzene ring substituents is 1. The zero-order valence-electron chi connectivity index (χ0n) is 14.2. The SMILES string of the molecule is C=CCn1c(O)c(C=C(C=O)c2cc(OC)ccc2[N+](=O)[O-])c(=O)[nH]c1=S. The molecule has 9 nitrogen and oxygen atoms in total. The highest BCUT2D eigenvalue weighted by molar-refractivity contribution is 7.71. The first kappa shape index (κ1) is 19.8. The molecule has 10 heteroatoms. The van der Waals surface area contributed by atoms with Crippen molar-refractivity contribution < 1.29 is 19.6 Å². The molecule has 0 amide bonds. The Morgan fingerprint density at radius 3 is 2.78 bits per heavy atom. The molecule has 2 rings (SSSR count). The summed E-state index contributed by atoms with van der Waals surface area (Å²) in [4.78, 5) is 36.8. The van der Waals surface area contributed by atoms with Crippen LogP contribution in [-0.4, -0.2) is 33.0 Å². The van der Waals surface area contributed by atoms with Crippen LogP contribution in [0.4, 0.5) is 5.69 Å². The molecule has 0 fully saturated rings. The molecule has 1 heterocycles. The highest BCUT2D eigenvalue weighted by atomic mass is 32.1. The Morgan fingerprint density at radius 2 is 2.22 bits per heavy atom. The summed E-state index contributed by atoms with van der Waals surface area (Å²) in [5, 5.41) is 21.6. The van der Waals surface area contributed by atoms with Gasteiger partial charge in [-0.15, -0.1) is 6.58 Å². The van der Waals surface area contributed by atoms with E-state index < -0.39 is 16.4 Å². The van der Waals surface area contributed by atoms with Crippen molar-refractivity contribution in [3.63, 3.8) is 0 Å². The maximum absolute atomic E-state index is 12.2. The van der Waals surface area contributed by atoms with Gasteiger partial charge in [-0.25, -0.2) is 0 Å². The number of allylic oxidation sites excluding steroid dienone is 2. The van der Waals surface area contributed by atoms with Gasteiger partial charge in [-0.3, -0.25) is 29.3 Å². The zero-order chi connectivity index (χ0) is 20.1. The molecule has 27 heavy (non-hydrogen) atoms. The average Bonchev–Trinajstić information content (AvgIpc) is 2.64. The van der Waals surface area contributed by atoms with Crippen LogP contribution < -0.4 is 10.3 Å². The van der Waals surface area contributed by atoms with Crippen LogP contribution in [0, 0.1) is 14.9 Å². The minimum Gasteiger partial charge on any atom is -0.497 e. The highest BCUT2D eigenvalue weighted by Crippen LogP contribution is 2.31. The van der Waals surface area contributed by atoms with Crippen LogP contribution in [-0.2, 0) is 11.3 Å². The van der Waals surface area contributed by atoms with Gasteiger partial charge in [-0.05, 0) is 30.4 Å². The molecule has 0 radical (unpaired) electrons. The molecular formula is C17H15N3O6S. The smallest absolute Gasteiger partial charge is 0.277 e. The summed E-state index contributed by atoms with van der Waals surface area (Å²) in [6.45, 7) is 3.64. The largest absolute Gasteiger partial charge is 0.497 e. The first-order valence-corrected chi connectivity index (χ1v) is 7.91. The number of H-pyrrole nitrogens is 1. The molecule has 1 aromatic heterocycles. The van der Waals surface area contributed by atoms with E-state index in [9.17, 15) is 24.8 Å². The lowest BCUT2D eigenvalue weighted by atomic mass is 10.0. The molecule has 0 saturated carbocycles. The fraction of sp³-hybridized carbons (Fsp3) is 0.118. The van der Waals surface area contributed by atoms with E-state index >= 15 is 0 Å². The van der Waals surface area contributed by atoms with E-state index in [1.165, 1.54) is 36.0 Å². The first-order chi connectivity index (χ1) is 12.8. The molecule has 0 saturated heterocycles. The number of aromatic hydroxyl groups is 1. The predicted octanol–water partition coefficient (Wildman–Crippen LogP) is 2.45. The van der Waals surface area contributed by atoms with Crippen molar-refractivity contribution >= 4 is 35.8 Å². The molecule has 0 aliphatic rings. The molecule has 1 aromatic carbocycles. The lowest BCUT2D eigenvalue weighted by molar-refractivity contribution is -0.385.